The lowest BCUT2D eigenvalue weighted by Gasteiger charge is -2.34. The largest absolute Gasteiger partial charge is 0.324 e. The fourth-order valence-electron chi connectivity index (χ4n) is 4.54. The first-order valence-corrected chi connectivity index (χ1v) is 13.6. The van der Waals surface area contributed by atoms with Gasteiger partial charge in [0.05, 0.1) is 4.90 Å². The molecule has 1 saturated heterocycles. The standard InChI is InChI=1S/C26H31N7O2S/c1-3-31-12-14-32(15-13-31)18-21-16-22(5-4-19(21)2)29-26-28-17-20-10-11-33(25(20)30-26)23-6-8-24(9-7-23)36(27,34)35/h4-11,16-17H,3,12-15,18H2,1-2H3,(H2,27,34,35)(H,28,29,30). The van der Waals surface area contributed by atoms with Crippen LogP contribution in [0.2, 0.25) is 0 Å². The summed E-state index contributed by atoms with van der Waals surface area (Å²) in [6, 6.07) is 14.7. The number of hydrogen-bond donors (Lipinski definition) is 2. The molecule has 0 radical (unpaired) electrons. The SMILES string of the molecule is CCN1CCN(Cc2cc(Nc3ncc4ccn(-c5ccc(S(N)(=O)=O)cc5)c4n3)ccc2C)CC1. The van der Waals surface area contributed by atoms with E-state index in [0.717, 1.165) is 61.7 Å². The Kier molecular flexibility index (Phi) is 6.76. The van der Waals surface area contributed by atoms with Gasteiger partial charge in [0.25, 0.3) is 0 Å². The fourth-order valence-corrected chi connectivity index (χ4v) is 5.05. The molecule has 10 heteroatoms. The number of aromatic nitrogens is 3. The molecule has 0 atom stereocenters. The normalized spacial score (nSPS) is 15.4. The second-order valence-electron chi connectivity index (χ2n) is 9.17. The van der Waals surface area contributed by atoms with E-state index in [1.54, 1.807) is 18.3 Å². The van der Waals surface area contributed by atoms with Crippen molar-refractivity contribution in [1.29, 1.82) is 0 Å². The summed E-state index contributed by atoms with van der Waals surface area (Å²) in [5, 5.41) is 9.46. The number of piperazine rings is 1. The second-order valence-corrected chi connectivity index (χ2v) is 10.7. The first kappa shape index (κ1) is 24.4. The molecule has 1 aliphatic heterocycles. The van der Waals surface area contributed by atoms with E-state index in [2.05, 4.69) is 46.1 Å². The Balaban J connectivity index is 1.36. The van der Waals surface area contributed by atoms with Crippen LogP contribution in [0.5, 0.6) is 0 Å². The molecule has 1 fully saturated rings. The first-order valence-electron chi connectivity index (χ1n) is 12.1. The van der Waals surface area contributed by atoms with Gasteiger partial charge in [0, 0.05) is 61.9 Å². The predicted molar refractivity (Wildman–Crippen MR) is 142 cm³/mol. The third kappa shape index (κ3) is 5.26. The van der Waals surface area contributed by atoms with Gasteiger partial charge in [0.15, 0.2) is 0 Å². The van der Waals surface area contributed by atoms with Crippen LogP contribution in [0.1, 0.15) is 18.1 Å². The Morgan fingerprint density at radius 3 is 2.42 bits per heavy atom. The molecule has 4 aromatic rings. The number of primary sulfonamides is 1. The number of fused-ring (bicyclic) bond motifs is 1. The zero-order chi connectivity index (χ0) is 25.3. The Labute approximate surface area is 211 Å². The highest BCUT2D eigenvalue weighted by atomic mass is 32.2. The molecule has 0 aliphatic carbocycles. The van der Waals surface area contributed by atoms with Gasteiger partial charge in [-0.1, -0.05) is 13.0 Å². The molecule has 5 rings (SSSR count). The van der Waals surface area contributed by atoms with E-state index in [1.165, 1.54) is 23.3 Å². The number of rotatable bonds is 7. The maximum Gasteiger partial charge on any atom is 0.238 e. The summed E-state index contributed by atoms with van der Waals surface area (Å²) in [5.74, 6) is 0.495. The van der Waals surface area contributed by atoms with Crippen LogP contribution in [0.3, 0.4) is 0 Å². The highest BCUT2D eigenvalue weighted by molar-refractivity contribution is 7.89. The molecule has 9 nitrogen and oxygen atoms in total. The third-order valence-corrected chi connectivity index (χ3v) is 7.71. The summed E-state index contributed by atoms with van der Waals surface area (Å²) >= 11 is 0. The minimum Gasteiger partial charge on any atom is -0.324 e. The molecular weight excluding hydrogens is 474 g/mol. The second kappa shape index (κ2) is 9.98. The predicted octanol–water partition coefficient (Wildman–Crippen LogP) is 3.26. The van der Waals surface area contributed by atoms with Gasteiger partial charge < -0.3 is 14.8 Å². The molecule has 188 valence electrons. The summed E-state index contributed by atoms with van der Waals surface area (Å²) < 4.78 is 25.1. The van der Waals surface area contributed by atoms with Crippen molar-refractivity contribution in [3.63, 3.8) is 0 Å². The molecule has 1 aliphatic rings. The zero-order valence-electron chi connectivity index (χ0n) is 20.6. The van der Waals surface area contributed by atoms with Crippen molar-refractivity contribution in [3.8, 4) is 5.69 Å². The summed E-state index contributed by atoms with van der Waals surface area (Å²) in [4.78, 5) is 14.3. The lowest BCUT2D eigenvalue weighted by Crippen LogP contribution is -2.45. The smallest absolute Gasteiger partial charge is 0.238 e. The minimum atomic E-state index is -3.74. The van der Waals surface area contributed by atoms with E-state index in [-0.39, 0.29) is 4.90 Å². The Hall–Kier alpha value is -3.31. The number of sulfonamides is 1. The van der Waals surface area contributed by atoms with Gasteiger partial charge in [0.1, 0.15) is 5.65 Å². The first-order chi connectivity index (χ1) is 17.3. The number of benzene rings is 2. The highest BCUT2D eigenvalue weighted by Gasteiger charge is 2.17. The van der Waals surface area contributed by atoms with Crippen LogP contribution in [0.25, 0.3) is 16.7 Å². The summed E-state index contributed by atoms with van der Waals surface area (Å²) in [5.41, 5.74) is 5.01. The van der Waals surface area contributed by atoms with Gasteiger partial charge in [-0.25, -0.2) is 18.5 Å². The molecule has 3 N–H and O–H groups in total. The number of nitrogens with two attached hydrogens (primary N) is 1. The Morgan fingerprint density at radius 1 is 1.00 bits per heavy atom. The number of nitrogens with zero attached hydrogens (tertiary/aromatic N) is 5. The van der Waals surface area contributed by atoms with Crippen LogP contribution >= 0.6 is 0 Å². The summed E-state index contributed by atoms with van der Waals surface area (Å²) in [6.45, 7) is 10.8. The maximum absolute atomic E-state index is 11.6. The van der Waals surface area contributed by atoms with Crippen molar-refractivity contribution in [2.45, 2.75) is 25.3 Å². The molecule has 0 bridgehead atoms. The van der Waals surface area contributed by atoms with E-state index >= 15 is 0 Å². The van der Waals surface area contributed by atoms with Crippen molar-refractivity contribution >= 4 is 32.7 Å². The molecular formula is C26H31N7O2S. The van der Waals surface area contributed by atoms with Crippen molar-refractivity contribution in [1.82, 2.24) is 24.3 Å². The van der Waals surface area contributed by atoms with Crippen molar-refractivity contribution in [2.24, 2.45) is 5.14 Å². The number of hydrogen-bond acceptors (Lipinski definition) is 7. The highest BCUT2D eigenvalue weighted by Crippen LogP contribution is 2.24. The van der Waals surface area contributed by atoms with Crippen LogP contribution in [-0.4, -0.2) is 65.5 Å². The number of aryl methyl sites for hydroxylation is 1. The van der Waals surface area contributed by atoms with Crippen LogP contribution in [0.4, 0.5) is 11.6 Å². The van der Waals surface area contributed by atoms with E-state index in [1.807, 2.05) is 22.9 Å². The topological polar surface area (TPSA) is 109 Å². The van der Waals surface area contributed by atoms with Crippen LogP contribution < -0.4 is 10.5 Å². The van der Waals surface area contributed by atoms with E-state index in [0.29, 0.717) is 5.95 Å². The van der Waals surface area contributed by atoms with Crippen LogP contribution in [-0.2, 0) is 16.6 Å². The molecule has 0 spiro atoms. The van der Waals surface area contributed by atoms with Gasteiger partial charge in [-0.2, -0.15) is 4.98 Å². The molecule has 2 aromatic carbocycles. The van der Waals surface area contributed by atoms with Gasteiger partial charge in [-0.3, -0.25) is 4.90 Å². The third-order valence-electron chi connectivity index (χ3n) is 6.78. The van der Waals surface area contributed by atoms with Gasteiger partial charge in [0.2, 0.25) is 16.0 Å². The lowest BCUT2D eigenvalue weighted by atomic mass is 10.1. The van der Waals surface area contributed by atoms with Crippen LogP contribution in [0.15, 0.2) is 65.8 Å². The molecule has 0 unspecified atom stereocenters. The Morgan fingerprint density at radius 2 is 1.72 bits per heavy atom. The van der Waals surface area contributed by atoms with Crippen molar-refractivity contribution in [3.05, 3.63) is 72.1 Å². The Bertz CT molecular complexity index is 1470. The average molecular weight is 506 g/mol. The van der Waals surface area contributed by atoms with Gasteiger partial charge in [-0.05, 0) is 67.1 Å². The quantitative estimate of drug-likeness (QED) is 0.397. The molecule has 0 amide bonds. The monoisotopic (exact) mass is 505 g/mol. The van der Waals surface area contributed by atoms with Crippen molar-refractivity contribution in [2.75, 3.05) is 38.0 Å². The summed E-state index contributed by atoms with van der Waals surface area (Å²) in [7, 11) is -3.74. The fraction of sp³-hybridized carbons (Fsp3) is 0.308. The average Bonchev–Trinajstić information content (AvgIpc) is 3.29. The number of nitrogens with one attached hydrogen (secondary N) is 1. The van der Waals surface area contributed by atoms with Gasteiger partial charge >= 0.3 is 0 Å². The lowest BCUT2D eigenvalue weighted by molar-refractivity contribution is 0.132. The van der Waals surface area contributed by atoms with E-state index < -0.39 is 10.0 Å². The van der Waals surface area contributed by atoms with E-state index in [4.69, 9.17) is 10.1 Å². The molecule has 2 aromatic heterocycles. The van der Waals surface area contributed by atoms with Crippen LogP contribution in [0, 0.1) is 6.92 Å². The number of likely N-dealkylation sites (N-methyl/N-ethyl adjacent to an activating group) is 1. The maximum atomic E-state index is 11.6. The zero-order valence-corrected chi connectivity index (χ0v) is 21.4. The molecule has 0 saturated carbocycles. The van der Waals surface area contributed by atoms with Crippen molar-refractivity contribution < 1.29 is 8.42 Å². The summed E-state index contributed by atoms with van der Waals surface area (Å²) in [6.07, 6.45) is 3.67. The number of anilines is 2. The minimum absolute atomic E-state index is 0.0714. The molecule has 3 heterocycles. The molecule has 36 heavy (non-hydrogen) atoms. The van der Waals surface area contributed by atoms with Gasteiger partial charge in [-0.15, -0.1) is 0 Å². The van der Waals surface area contributed by atoms with E-state index in [9.17, 15) is 8.42 Å².